The summed E-state index contributed by atoms with van der Waals surface area (Å²) in [6, 6.07) is 5.11. The quantitative estimate of drug-likeness (QED) is 0.813. The molecule has 0 aromatic heterocycles. The van der Waals surface area contributed by atoms with E-state index in [2.05, 4.69) is 5.32 Å². The number of carbonyl (C=O) groups is 1. The van der Waals surface area contributed by atoms with E-state index in [4.69, 9.17) is 17.3 Å². The van der Waals surface area contributed by atoms with Crippen LogP contribution in [-0.4, -0.2) is 11.4 Å². The average molecular weight is 253 g/mol. The van der Waals surface area contributed by atoms with Crippen molar-refractivity contribution in [3.05, 3.63) is 28.8 Å². The highest BCUT2D eigenvalue weighted by Gasteiger charge is 2.39. The van der Waals surface area contributed by atoms with Crippen LogP contribution in [0.3, 0.4) is 0 Å². The van der Waals surface area contributed by atoms with E-state index in [0.29, 0.717) is 22.2 Å². The number of hydrogen-bond donors (Lipinski definition) is 2. The van der Waals surface area contributed by atoms with E-state index in [1.54, 1.807) is 18.2 Å². The van der Waals surface area contributed by atoms with Crippen molar-refractivity contribution in [3.8, 4) is 0 Å². The molecule has 0 aliphatic heterocycles. The Morgan fingerprint density at radius 2 is 2.12 bits per heavy atom. The van der Waals surface area contributed by atoms with Crippen LogP contribution in [0.4, 0.5) is 5.69 Å². The van der Waals surface area contributed by atoms with Gasteiger partial charge in [-0.3, -0.25) is 4.79 Å². The molecular weight excluding hydrogens is 236 g/mol. The van der Waals surface area contributed by atoms with Crippen molar-refractivity contribution in [3.63, 3.8) is 0 Å². The minimum atomic E-state index is -0.175. The molecule has 1 aliphatic carbocycles. The van der Waals surface area contributed by atoms with Crippen molar-refractivity contribution in [2.24, 2.45) is 5.92 Å². The van der Waals surface area contributed by atoms with Crippen LogP contribution in [0.2, 0.25) is 5.02 Å². The van der Waals surface area contributed by atoms with Gasteiger partial charge < -0.3 is 11.1 Å². The van der Waals surface area contributed by atoms with E-state index in [1.807, 2.05) is 13.8 Å². The molecule has 4 heteroatoms. The highest BCUT2D eigenvalue weighted by molar-refractivity contribution is 6.33. The summed E-state index contributed by atoms with van der Waals surface area (Å²) >= 11 is 5.90. The molecule has 1 aliphatic rings. The van der Waals surface area contributed by atoms with E-state index in [9.17, 15) is 4.79 Å². The van der Waals surface area contributed by atoms with Gasteiger partial charge in [-0.1, -0.05) is 17.7 Å². The van der Waals surface area contributed by atoms with Crippen molar-refractivity contribution < 1.29 is 4.79 Å². The first-order chi connectivity index (χ1) is 7.92. The van der Waals surface area contributed by atoms with Gasteiger partial charge in [0.15, 0.2) is 0 Å². The van der Waals surface area contributed by atoms with Gasteiger partial charge in [-0.15, -0.1) is 0 Å². The lowest BCUT2D eigenvalue weighted by Gasteiger charge is -2.26. The van der Waals surface area contributed by atoms with Gasteiger partial charge in [0.1, 0.15) is 0 Å². The molecular formula is C13H17ClN2O. The Labute approximate surface area is 106 Å². The fraction of sp³-hybridized carbons (Fsp3) is 0.462. The molecule has 0 atom stereocenters. The molecule has 0 spiro atoms. The third-order valence-corrected chi connectivity index (χ3v) is 3.66. The number of nitrogens with one attached hydrogen (secondary N) is 1. The van der Waals surface area contributed by atoms with Crippen LogP contribution >= 0.6 is 11.6 Å². The van der Waals surface area contributed by atoms with E-state index >= 15 is 0 Å². The number of nitrogens with two attached hydrogens (primary N) is 1. The second kappa shape index (κ2) is 4.22. The standard InChI is InChI=1S/C13H17ClN2O/c1-13(2,8-6-7-8)16-12(17)9-4-3-5-10(14)11(9)15/h3-5,8H,6-7,15H2,1-2H3,(H,16,17). The summed E-state index contributed by atoms with van der Waals surface area (Å²) in [5.41, 5.74) is 6.42. The van der Waals surface area contributed by atoms with E-state index in [-0.39, 0.29) is 11.4 Å². The Hall–Kier alpha value is -1.22. The molecule has 0 unspecified atom stereocenters. The second-order valence-corrected chi connectivity index (χ2v) is 5.56. The molecule has 92 valence electrons. The summed E-state index contributed by atoms with van der Waals surface area (Å²) in [6.07, 6.45) is 2.36. The summed E-state index contributed by atoms with van der Waals surface area (Å²) in [5, 5.41) is 3.44. The molecule has 1 aromatic carbocycles. The minimum Gasteiger partial charge on any atom is -0.397 e. The predicted octanol–water partition coefficient (Wildman–Crippen LogP) is 2.84. The lowest BCUT2D eigenvalue weighted by Crippen LogP contribution is -2.45. The molecule has 3 nitrogen and oxygen atoms in total. The molecule has 0 saturated heterocycles. The van der Waals surface area contributed by atoms with Crippen molar-refractivity contribution in [1.29, 1.82) is 0 Å². The maximum absolute atomic E-state index is 12.1. The van der Waals surface area contributed by atoms with Gasteiger partial charge in [0, 0.05) is 5.54 Å². The number of benzene rings is 1. The number of rotatable bonds is 3. The zero-order valence-corrected chi connectivity index (χ0v) is 10.8. The Bertz CT molecular complexity index is 453. The van der Waals surface area contributed by atoms with Gasteiger partial charge in [-0.2, -0.15) is 0 Å². The third-order valence-electron chi connectivity index (χ3n) is 3.33. The van der Waals surface area contributed by atoms with E-state index in [1.165, 1.54) is 12.8 Å². The molecule has 1 saturated carbocycles. The molecule has 0 bridgehead atoms. The average Bonchev–Trinajstić information content (AvgIpc) is 3.04. The lowest BCUT2D eigenvalue weighted by molar-refractivity contribution is 0.0904. The molecule has 2 rings (SSSR count). The molecule has 0 radical (unpaired) electrons. The summed E-state index contributed by atoms with van der Waals surface area (Å²) in [5.74, 6) is 0.425. The van der Waals surface area contributed by atoms with Crippen LogP contribution in [-0.2, 0) is 0 Å². The predicted molar refractivity (Wildman–Crippen MR) is 70.1 cm³/mol. The Balaban J connectivity index is 2.17. The highest BCUT2D eigenvalue weighted by atomic mass is 35.5. The maximum Gasteiger partial charge on any atom is 0.253 e. The van der Waals surface area contributed by atoms with Crippen LogP contribution in [0.15, 0.2) is 18.2 Å². The summed E-state index contributed by atoms with van der Waals surface area (Å²) in [6.45, 7) is 4.09. The van der Waals surface area contributed by atoms with Crippen molar-refractivity contribution >= 4 is 23.2 Å². The van der Waals surface area contributed by atoms with Gasteiger partial charge in [-0.25, -0.2) is 0 Å². The lowest BCUT2D eigenvalue weighted by atomic mass is 9.98. The Kier molecular flexibility index (Phi) is 3.04. The van der Waals surface area contributed by atoms with E-state index in [0.717, 1.165) is 0 Å². The zero-order valence-electron chi connectivity index (χ0n) is 10.1. The van der Waals surface area contributed by atoms with Crippen molar-refractivity contribution in [1.82, 2.24) is 5.32 Å². The van der Waals surface area contributed by atoms with Crippen molar-refractivity contribution in [2.75, 3.05) is 5.73 Å². The smallest absolute Gasteiger partial charge is 0.253 e. The fourth-order valence-corrected chi connectivity index (χ4v) is 2.18. The van der Waals surface area contributed by atoms with Crippen LogP contribution in [0.25, 0.3) is 0 Å². The normalized spacial score (nSPS) is 15.7. The third kappa shape index (κ3) is 2.55. The van der Waals surface area contributed by atoms with Gasteiger partial charge in [0.05, 0.1) is 16.3 Å². The summed E-state index contributed by atoms with van der Waals surface area (Å²) < 4.78 is 0. The number of nitrogen functional groups attached to an aromatic ring is 1. The summed E-state index contributed by atoms with van der Waals surface area (Å²) in [7, 11) is 0. The van der Waals surface area contributed by atoms with E-state index < -0.39 is 0 Å². The number of para-hydroxylation sites is 1. The zero-order chi connectivity index (χ0) is 12.6. The van der Waals surface area contributed by atoms with Crippen LogP contribution < -0.4 is 11.1 Å². The Morgan fingerprint density at radius 3 is 2.71 bits per heavy atom. The number of carbonyl (C=O) groups excluding carboxylic acids is 1. The first-order valence-electron chi connectivity index (χ1n) is 5.78. The topological polar surface area (TPSA) is 55.1 Å². The van der Waals surface area contributed by atoms with Gasteiger partial charge in [0.25, 0.3) is 5.91 Å². The molecule has 0 heterocycles. The fourth-order valence-electron chi connectivity index (χ4n) is 2.00. The first kappa shape index (κ1) is 12.2. The Morgan fingerprint density at radius 1 is 1.47 bits per heavy atom. The molecule has 3 N–H and O–H groups in total. The van der Waals surface area contributed by atoms with Crippen LogP contribution in [0.1, 0.15) is 37.0 Å². The van der Waals surface area contributed by atoms with Gasteiger partial charge in [0.2, 0.25) is 0 Å². The van der Waals surface area contributed by atoms with Gasteiger partial charge in [-0.05, 0) is 44.7 Å². The SMILES string of the molecule is CC(C)(NC(=O)c1cccc(Cl)c1N)C1CC1. The summed E-state index contributed by atoms with van der Waals surface area (Å²) in [4.78, 5) is 12.1. The number of anilines is 1. The van der Waals surface area contributed by atoms with Crippen LogP contribution in [0.5, 0.6) is 0 Å². The number of hydrogen-bond acceptors (Lipinski definition) is 2. The highest BCUT2D eigenvalue weighted by Crippen LogP contribution is 2.39. The van der Waals surface area contributed by atoms with Crippen LogP contribution in [0, 0.1) is 5.92 Å². The van der Waals surface area contributed by atoms with Gasteiger partial charge >= 0.3 is 0 Å². The maximum atomic E-state index is 12.1. The minimum absolute atomic E-state index is 0.151. The molecule has 1 amide bonds. The molecule has 1 aromatic rings. The molecule has 17 heavy (non-hydrogen) atoms. The van der Waals surface area contributed by atoms with Crippen molar-refractivity contribution in [2.45, 2.75) is 32.2 Å². The molecule has 1 fully saturated rings. The largest absolute Gasteiger partial charge is 0.397 e. The number of halogens is 1. The number of amides is 1. The second-order valence-electron chi connectivity index (χ2n) is 5.15. The monoisotopic (exact) mass is 252 g/mol. The first-order valence-corrected chi connectivity index (χ1v) is 6.16.